The molecule has 4 heteroatoms. The Hall–Kier alpha value is -2.49. The van der Waals surface area contributed by atoms with Crippen molar-refractivity contribution in [1.29, 1.82) is 0 Å². The van der Waals surface area contributed by atoms with Crippen LogP contribution in [0.1, 0.15) is 28.7 Å². The number of hydrogen-bond donors (Lipinski definition) is 2. The summed E-state index contributed by atoms with van der Waals surface area (Å²) >= 11 is 0. The Labute approximate surface area is 144 Å². The molecule has 128 valence electrons. The molecule has 0 spiro atoms. The Morgan fingerprint density at radius 3 is 2.25 bits per heavy atom. The van der Waals surface area contributed by atoms with E-state index < -0.39 is 0 Å². The van der Waals surface area contributed by atoms with Gasteiger partial charge >= 0.3 is 0 Å². The van der Waals surface area contributed by atoms with E-state index in [4.69, 9.17) is 4.74 Å². The minimum absolute atomic E-state index is 0.0423. The predicted octanol–water partition coefficient (Wildman–Crippen LogP) is 3.74. The number of benzene rings is 2. The highest BCUT2D eigenvalue weighted by molar-refractivity contribution is 5.76. The lowest BCUT2D eigenvalue weighted by Crippen LogP contribution is -2.25. The summed E-state index contributed by atoms with van der Waals surface area (Å²) in [6.45, 7) is 7.43. The molecule has 0 radical (unpaired) electrons. The maximum atomic E-state index is 12.0. The molecule has 2 aromatic rings. The molecule has 0 aliphatic rings. The maximum Gasteiger partial charge on any atom is 0.222 e. The Bertz CT molecular complexity index is 670. The molecule has 2 aromatic carbocycles. The van der Waals surface area contributed by atoms with E-state index in [1.165, 1.54) is 16.7 Å². The van der Waals surface area contributed by atoms with Crippen LogP contribution in [-0.2, 0) is 11.3 Å². The number of rotatable bonds is 7. The number of amides is 1. The van der Waals surface area contributed by atoms with Gasteiger partial charge in [0.2, 0.25) is 5.91 Å². The van der Waals surface area contributed by atoms with Gasteiger partial charge in [-0.25, -0.2) is 0 Å². The molecule has 2 N–H and O–H groups in total. The summed E-state index contributed by atoms with van der Waals surface area (Å²) in [5, 5.41) is 6.32. The lowest BCUT2D eigenvalue weighted by Gasteiger charge is -2.14. The van der Waals surface area contributed by atoms with Crippen LogP contribution in [0.5, 0.6) is 5.75 Å². The minimum atomic E-state index is 0.0423. The summed E-state index contributed by atoms with van der Waals surface area (Å²) in [5.74, 6) is 0.860. The van der Waals surface area contributed by atoms with E-state index in [0.717, 1.165) is 17.0 Å². The van der Waals surface area contributed by atoms with E-state index in [9.17, 15) is 4.79 Å². The van der Waals surface area contributed by atoms with E-state index in [1.54, 1.807) is 7.11 Å². The minimum Gasteiger partial charge on any atom is -0.497 e. The van der Waals surface area contributed by atoms with Gasteiger partial charge in [-0.15, -0.1) is 0 Å². The highest BCUT2D eigenvalue weighted by Crippen LogP contribution is 2.21. The molecular weight excluding hydrogens is 300 g/mol. The monoisotopic (exact) mass is 326 g/mol. The fourth-order valence-corrected chi connectivity index (χ4v) is 2.79. The fraction of sp³-hybridized carbons (Fsp3) is 0.350. The number of anilines is 1. The summed E-state index contributed by atoms with van der Waals surface area (Å²) in [7, 11) is 1.64. The van der Waals surface area contributed by atoms with Crippen LogP contribution in [0.4, 0.5) is 5.69 Å². The lowest BCUT2D eigenvalue weighted by atomic mass is 10.1. The van der Waals surface area contributed by atoms with Crippen LogP contribution >= 0.6 is 0 Å². The van der Waals surface area contributed by atoms with Crippen molar-refractivity contribution in [3.05, 3.63) is 58.7 Å². The number of carbonyl (C=O) groups is 1. The summed E-state index contributed by atoms with van der Waals surface area (Å²) in [6.07, 6.45) is 0.447. The van der Waals surface area contributed by atoms with Gasteiger partial charge in [-0.3, -0.25) is 4.79 Å². The molecule has 1 amide bonds. The molecule has 0 bridgehead atoms. The van der Waals surface area contributed by atoms with Crippen LogP contribution in [0.25, 0.3) is 0 Å². The van der Waals surface area contributed by atoms with Crippen LogP contribution in [0.15, 0.2) is 36.4 Å². The molecule has 0 atom stereocenters. The number of carbonyl (C=O) groups excluding carboxylic acids is 1. The van der Waals surface area contributed by atoms with E-state index in [2.05, 4.69) is 43.5 Å². The van der Waals surface area contributed by atoms with Gasteiger partial charge in [-0.2, -0.15) is 0 Å². The van der Waals surface area contributed by atoms with E-state index in [-0.39, 0.29) is 5.91 Å². The third-order valence-corrected chi connectivity index (χ3v) is 3.98. The van der Waals surface area contributed by atoms with E-state index in [0.29, 0.717) is 19.5 Å². The second-order valence-electron chi connectivity index (χ2n) is 6.08. The van der Waals surface area contributed by atoms with Crippen molar-refractivity contribution in [3.63, 3.8) is 0 Å². The van der Waals surface area contributed by atoms with Gasteiger partial charge in [0.05, 0.1) is 7.11 Å². The van der Waals surface area contributed by atoms with Gasteiger partial charge in [0, 0.05) is 25.2 Å². The van der Waals surface area contributed by atoms with Crippen molar-refractivity contribution < 1.29 is 9.53 Å². The molecule has 0 aliphatic carbocycles. The average molecular weight is 326 g/mol. The van der Waals surface area contributed by atoms with E-state index in [1.807, 2.05) is 24.3 Å². The molecule has 0 aliphatic heterocycles. The first-order valence-corrected chi connectivity index (χ1v) is 8.21. The molecule has 0 unspecified atom stereocenters. The Balaban J connectivity index is 1.77. The third kappa shape index (κ3) is 5.01. The van der Waals surface area contributed by atoms with Crippen molar-refractivity contribution in [1.82, 2.24) is 5.32 Å². The zero-order chi connectivity index (χ0) is 17.5. The first-order chi connectivity index (χ1) is 11.5. The van der Waals surface area contributed by atoms with Gasteiger partial charge < -0.3 is 15.4 Å². The Kier molecular flexibility index (Phi) is 6.24. The smallest absolute Gasteiger partial charge is 0.222 e. The van der Waals surface area contributed by atoms with Gasteiger partial charge in [-0.05, 0) is 49.6 Å². The Morgan fingerprint density at radius 2 is 1.67 bits per heavy atom. The number of ether oxygens (including phenoxy) is 1. The SMILES string of the molecule is COc1ccc(CNC(=O)CCNc2c(C)cc(C)cc2C)cc1. The quantitative estimate of drug-likeness (QED) is 0.815. The summed E-state index contributed by atoms with van der Waals surface area (Å²) in [6, 6.07) is 12.0. The fourth-order valence-electron chi connectivity index (χ4n) is 2.79. The zero-order valence-corrected chi connectivity index (χ0v) is 14.9. The van der Waals surface area contributed by atoms with Crippen LogP contribution in [0.2, 0.25) is 0 Å². The maximum absolute atomic E-state index is 12.0. The van der Waals surface area contributed by atoms with Crippen LogP contribution in [0.3, 0.4) is 0 Å². The largest absolute Gasteiger partial charge is 0.497 e. The number of hydrogen-bond acceptors (Lipinski definition) is 3. The standard InChI is InChI=1S/C20H26N2O2/c1-14-11-15(2)20(16(3)12-14)21-10-9-19(23)22-13-17-5-7-18(24-4)8-6-17/h5-8,11-12,21H,9-10,13H2,1-4H3,(H,22,23). The summed E-state index contributed by atoms with van der Waals surface area (Å²) in [4.78, 5) is 12.0. The van der Waals surface area contributed by atoms with Crippen LogP contribution < -0.4 is 15.4 Å². The third-order valence-electron chi connectivity index (χ3n) is 3.98. The van der Waals surface area contributed by atoms with Gasteiger partial charge in [0.25, 0.3) is 0 Å². The average Bonchev–Trinajstić information content (AvgIpc) is 2.55. The van der Waals surface area contributed by atoms with Crippen LogP contribution in [-0.4, -0.2) is 19.6 Å². The molecular formula is C20H26N2O2. The van der Waals surface area contributed by atoms with Gasteiger partial charge in [0.15, 0.2) is 0 Å². The summed E-state index contributed by atoms with van der Waals surface area (Å²) < 4.78 is 5.12. The first kappa shape index (κ1) is 17.9. The molecule has 0 saturated carbocycles. The predicted molar refractivity (Wildman–Crippen MR) is 98.6 cm³/mol. The highest BCUT2D eigenvalue weighted by atomic mass is 16.5. The normalized spacial score (nSPS) is 10.3. The second kappa shape index (κ2) is 8.39. The van der Waals surface area contributed by atoms with Crippen molar-refractivity contribution in [2.45, 2.75) is 33.7 Å². The molecule has 24 heavy (non-hydrogen) atoms. The van der Waals surface area contributed by atoms with Crippen LogP contribution in [0, 0.1) is 20.8 Å². The van der Waals surface area contributed by atoms with Gasteiger partial charge in [-0.1, -0.05) is 29.8 Å². The van der Waals surface area contributed by atoms with Crippen molar-refractivity contribution in [2.75, 3.05) is 19.0 Å². The molecule has 0 fully saturated rings. The number of aryl methyl sites for hydroxylation is 3. The molecule has 0 heterocycles. The first-order valence-electron chi connectivity index (χ1n) is 8.21. The summed E-state index contributed by atoms with van der Waals surface area (Å²) in [5.41, 5.74) is 5.87. The van der Waals surface area contributed by atoms with Crippen molar-refractivity contribution in [2.24, 2.45) is 0 Å². The Morgan fingerprint density at radius 1 is 1.04 bits per heavy atom. The zero-order valence-electron chi connectivity index (χ0n) is 14.9. The second-order valence-corrected chi connectivity index (χ2v) is 6.08. The molecule has 0 saturated heterocycles. The van der Waals surface area contributed by atoms with Crippen molar-refractivity contribution in [3.8, 4) is 5.75 Å². The van der Waals surface area contributed by atoms with E-state index >= 15 is 0 Å². The lowest BCUT2D eigenvalue weighted by molar-refractivity contribution is -0.121. The van der Waals surface area contributed by atoms with Crippen molar-refractivity contribution >= 4 is 11.6 Å². The van der Waals surface area contributed by atoms with Gasteiger partial charge in [0.1, 0.15) is 5.75 Å². The number of methoxy groups -OCH3 is 1. The topological polar surface area (TPSA) is 50.4 Å². The molecule has 0 aromatic heterocycles. The molecule has 4 nitrogen and oxygen atoms in total. The highest BCUT2D eigenvalue weighted by Gasteiger charge is 2.05. The molecule has 2 rings (SSSR count). The number of nitrogens with one attached hydrogen (secondary N) is 2.